The smallest absolute Gasteiger partial charge is 0.370 e. The number of carbonyl (C=O) groups is 1. The molecule has 0 fully saturated rings. The van der Waals surface area contributed by atoms with Crippen LogP contribution in [0.1, 0.15) is 130 Å². The van der Waals surface area contributed by atoms with Gasteiger partial charge >= 0.3 is 7.82 Å². The number of rotatable bonds is 21. The molecule has 0 rings (SSSR count). The highest BCUT2D eigenvalue weighted by Crippen LogP contribution is 2.38. The normalized spacial score (nSPS) is 12.5. The SMILES string of the molecule is CCCCCCCCCCCCCCCCCC(N)=O.CCN(CC)C(C)OP(=O)(O)O. The Bertz CT molecular complexity index is 456. The van der Waals surface area contributed by atoms with E-state index in [1.165, 1.54) is 89.9 Å². The van der Waals surface area contributed by atoms with Gasteiger partial charge in [-0.2, -0.15) is 0 Å². The van der Waals surface area contributed by atoms with Gasteiger partial charge in [0, 0.05) is 6.42 Å². The fraction of sp³-hybridized carbons (Fsp3) is 0.958. The predicted molar refractivity (Wildman–Crippen MR) is 134 cm³/mol. The average Bonchev–Trinajstić information content (AvgIpc) is 2.71. The lowest BCUT2D eigenvalue weighted by Crippen LogP contribution is -2.33. The van der Waals surface area contributed by atoms with Crippen molar-refractivity contribution < 1.29 is 23.7 Å². The van der Waals surface area contributed by atoms with E-state index in [1.54, 1.807) is 11.8 Å². The molecule has 0 saturated carbocycles. The molecule has 32 heavy (non-hydrogen) atoms. The van der Waals surface area contributed by atoms with Gasteiger partial charge in [-0.1, -0.05) is 111 Å². The molecule has 1 amide bonds. The van der Waals surface area contributed by atoms with E-state index in [1.807, 2.05) is 13.8 Å². The second-order valence-corrected chi connectivity index (χ2v) is 9.77. The van der Waals surface area contributed by atoms with Crippen molar-refractivity contribution in [2.75, 3.05) is 13.1 Å². The average molecular weight is 481 g/mol. The lowest BCUT2D eigenvalue weighted by atomic mass is 10.0. The number of primary amides is 1. The van der Waals surface area contributed by atoms with Crippen molar-refractivity contribution in [3.05, 3.63) is 0 Å². The van der Waals surface area contributed by atoms with Gasteiger partial charge < -0.3 is 15.5 Å². The molecule has 8 heteroatoms. The molecule has 0 heterocycles. The van der Waals surface area contributed by atoms with Crippen LogP contribution in [0, 0.1) is 0 Å². The molecule has 1 unspecified atom stereocenters. The number of nitrogens with zero attached hydrogens (tertiary/aromatic N) is 1. The Kier molecular flexibility index (Phi) is 25.0. The van der Waals surface area contributed by atoms with Gasteiger partial charge in [0.2, 0.25) is 5.91 Å². The largest absolute Gasteiger partial charge is 0.471 e. The summed E-state index contributed by atoms with van der Waals surface area (Å²) in [5.41, 5.74) is 5.11. The first-order valence-corrected chi connectivity index (χ1v) is 14.5. The van der Waals surface area contributed by atoms with Gasteiger partial charge in [0.1, 0.15) is 6.23 Å². The van der Waals surface area contributed by atoms with Crippen LogP contribution in [-0.2, 0) is 13.9 Å². The van der Waals surface area contributed by atoms with Crippen LogP contribution in [0.3, 0.4) is 0 Å². The number of unbranched alkanes of at least 4 members (excludes halogenated alkanes) is 14. The summed E-state index contributed by atoms with van der Waals surface area (Å²) in [6.45, 7) is 9.12. The van der Waals surface area contributed by atoms with Crippen LogP contribution in [-0.4, -0.2) is 39.9 Å². The van der Waals surface area contributed by atoms with E-state index in [-0.39, 0.29) is 5.91 Å². The molecule has 0 aliphatic heterocycles. The second kappa shape index (κ2) is 23.7. The molecule has 0 aromatic heterocycles. The molecule has 0 spiro atoms. The van der Waals surface area contributed by atoms with Crippen molar-refractivity contribution in [1.29, 1.82) is 0 Å². The summed E-state index contributed by atoms with van der Waals surface area (Å²) >= 11 is 0. The summed E-state index contributed by atoms with van der Waals surface area (Å²) < 4.78 is 14.9. The van der Waals surface area contributed by atoms with Crippen LogP contribution in [0.25, 0.3) is 0 Å². The number of carbonyl (C=O) groups excluding carboxylic acids is 1. The Labute approximate surface area is 198 Å². The highest BCUT2D eigenvalue weighted by Gasteiger charge is 2.21. The van der Waals surface area contributed by atoms with Crippen molar-refractivity contribution in [1.82, 2.24) is 4.90 Å². The maximum absolute atomic E-state index is 10.6. The summed E-state index contributed by atoms with van der Waals surface area (Å²) in [7, 11) is -4.34. The van der Waals surface area contributed by atoms with Gasteiger partial charge in [-0.15, -0.1) is 0 Å². The van der Waals surface area contributed by atoms with E-state index in [0.717, 1.165) is 6.42 Å². The molecule has 0 radical (unpaired) electrons. The van der Waals surface area contributed by atoms with Crippen molar-refractivity contribution in [2.45, 2.75) is 137 Å². The third kappa shape index (κ3) is 27.6. The van der Waals surface area contributed by atoms with Crippen LogP contribution in [0.2, 0.25) is 0 Å². The predicted octanol–water partition coefficient (Wildman–Crippen LogP) is 6.52. The molecule has 0 aromatic carbocycles. The van der Waals surface area contributed by atoms with Gasteiger partial charge in [-0.05, 0) is 26.4 Å². The van der Waals surface area contributed by atoms with Gasteiger partial charge in [0.15, 0.2) is 0 Å². The fourth-order valence-corrected chi connectivity index (χ4v) is 4.20. The van der Waals surface area contributed by atoms with Crippen LogP contribution < -0.4 is 5.73 Å². The van der Waals surface area contributed by atoms with E-state index in [9.17, 15) is 9.36 Å². The zero-order valence-corrected chi connectivity index (χ0v) is 22.3. The van der Waals surface area contributed by atoms with E-state index in [2.05, 4.69) is 11.4 Å². The Morgan fingerprint density at radius 3 is 1.41 bits per heavy atom. The topological polar surface area (TPSA) is 113 Å². The lowest BCUT2D eigenvalue weighted by molar-refractivity contribution is -0.118. The maximum Gasteiger partial charge on any atom is 0.471 e. The van der Waals surface area contributed by atoms with Gasteiger partial charge in [-0.3, -0.25) is 14.2 Å². The van der Waals surface area contributed by atoms with Crippen LogP contribution in [0.5, 0.6) is 0 Å². The van der Waals surface area contributed by atoms with Crippen molar-refractivity contribution in [3.63, 3.8) is 0 Å². The van der Waals surface area contributed by atoms with Crippen molar-refractivity contribution in [2.24, 2.45) is 5.73 Å². The van der Waals surface area contributed by atoms with E-state index in [0.29, 0.717) is 19.5 Å². The summed E-state index contributed by atoms with van der Waals surface area (Å²) in [6.07, 6.45) is 20.3. The highest BCUT2D eigenvalue weighted by molar-refractivity contribution is 7.46. The Morgan fingerprint density at radius 2 is 1.12 bits per heavy atom. The molecular weight excluding hydrogens is 427 g/mol. The minimum Gasteiger partial charge on any atom is -0.370 e. The Morgan fingerprint density at radius 1 is 0.781 bits per heavy atom. The number of nitrogens with two attached hydrogens (primary N) is 1. The molecule has 0 aliphatic rings. The third-order valence-electron chi connectivity index (χ3n) is 5.64. The van der Waals surface area contributed by atoms with Crippen molar-refractivity contribution in [3.8, 4) is 0 Å². The second-order valence-electron chi connectivity index (χ2n) is 8.58. The lowest BCUT2D eigenvalue weighted by Gasteiger charge is -2.25. The zero-order valence-electron chi connectivity index (χ0n) is 21.4. The Hall–Kier alpha value is -0.460. The summed E-state index contributed by atoms with van der Waals surface area (Å²) in [5.74, 6) is -0.153. The monoisotopic (exact) mass is 480 g/mol. The van der Waals surface area contributed by atoms with E-state index in [4.69, 9.17) is 15.5 Å². The van der Waals surface area contributed by atoms with Crippen LogP contribution in [0.15, 0.2) is 0 Å². The van der Waals surface area contributed by atoms with Gasteiger partial charge in [0.05, 0.1) is 0 Å². The van der Waals surface area contributed by atoms with E-state index >= 15 is 0 Å². The molecule has 194 valence electrons. The molecule has 1 atom stereocenters. The first-order chi connectivity index (χ1) is 15.2. The number of amides is 1. The van der Waals surface area contributed by atoms with E-state index < -0.39 is 14.1 Å². The summed E-state index contributed by atoms with van der Waals surface area (Å²) in [5, 5.41) is 0. The number of hydrogen-bond acceptors (Lipinski definition) is 4. The minimum atomic E-state index is -4.34. The third-order valence-corrected chi connectivity index (χ3v) is 6.22. The molecule has 0 aromatic rings. The number of hydrogen-bond donors (Lipinski definition) is 3. The summed E-state index contributed by atoms with van der Waals surface area (Å²) in [6, 6.07) is 0. The first-order valence-electron chi connectivity index (χ1n) is 12.9. The van der Waals surface area contributed by atoms with Crippen LogP contribution in [0.4, 0.5) is 0 Å². The quantitative estimate of drug-likeness (QED) is 0.0979. The Balaban J connectivity index is 0. The highest BCUT2D eigenvalue weighted by atomic mass is 31.2. The molecule has 0 bridgehead atoms. The standard InChI is InChI=1S/C18H37NO.C6H16NO4P/c1-2-3-4-5-6-7-8-9-10-11-12-13-14-15-16-17-18(19)20;1-4-7(5-2)6(3)11-12(8,9)10/h2-17H2,1H3,(H2,19,20);6H,4-5H2,1-3H3,(H2,8,9,10). The molecule has 0 saturated heterocycles. The maximum atomic E-state index is 10.6. The fourth-order valence-electron chi connectivity index (χ4n) is 3.67. The number of phosphoric ester groups is 1. The molecule has 0 aliphatic carbocycles. The van der Waals surface area contributed by atoms with Gasteiger partial charge in [0.25, 0.3) is 0 Å². The first kappa shape index (κ1) is 33.7. The van der Waals surface area contributed by atoms with Gasteiger partial charge in [-0.25, -0.2) is 4.57 Å². The zero-order chi connectivity index (χ0) is 24.7. The summed E-state index contributed by atoms with van der Waals surface area (Å²) in [4.78, 5) is 29.3. The van der Waals surface area contributed by atoms with Crippen molar-refractivity contribution >= 4 is 13.7 Å². The minimum absolute atomic E-state index is 0.153. The van der Waals surface area contributed by atoms with Crippen LogP contribution >= 0.6 is 7.82 Å². The molecular formula is C24H53N2O5P. The molecule has 4 N–H and O–H groups in total. The molecule has 7 nitrogen and oxygen atoms in total. The number of phosphoric acid groups is 1.